The van der Waals surface area contributed by atoms with Gasteiger partial charge in [-0.2, -0.15) is 0 Å². The second-order valence-electron chi connectivity index (χ2n) is 6.18. The minimum absolute atomic E-state index is 0.00210. The third kappa shape index (κ3) is 2.95. The number of carbonyl (C=O) groups excluding carboxylic acids is 1. The van der Waals surface area contributed by atoms with Crippen molar-refractivity contribution in [3.05, 3.63) is 24.3 Å². The number of anilines is 2. The Morgan fingerprint density at radius 3 is 2.84 bits per heavy atom. The molecule has 1 saturated heterocycles. The maximum atomic E-state index is 12.3. The lowest BCUT2D eigenvalue weighted by Crippen LogP contribution is -2.34. The normalized spacial score (nSPS) is 27.1. The zero-order chi connectivity index (χ0) is 17.4. The maximum Gasteiger partial charge on any atom is 0.415 e. The summed E-state index contributed by atoms with van der Waals surface area (Å²) in [5.74, 6) is 0. The second-order valence-corrected chi connectivity index (χ2v) is 6.55. The molecule has 0 aromatic heterocycles. The Morgan fingerprint density at radius 2 is 2.16 bits per heavy atom. The van der Waals surface area contributed by atoms with Gasteiger partial charge in [0.25, 0.3) is 5.17 Å². The van der Waals surface area contributed by atoms with Gasteiger partial charge >= 0.3 is 6.09 Å². The Balaban J connectivity index is 1.44. The SMILES string of the molecule is COC(=S)NC1CC12CN(c1ccc(N3C=NOCC3)cc1)C(=O)O2. The number of hydrogen-bond acceptors (Lipinski definition) is 7. The van der Waals surface area contributed by atoms with Crippen LogP contribution in [0.2, 0.25) is 0 Å². The molecule has 2 fully saturated rings. The number of carbonyl (C=O) groups is 1. The maximum absolute atomic E-state index is 12.3. The third-order valence-electron chi connectivity index (χ3n) is 4.62. The van der Waals surface area contributed by atoms with E-state index in [0.29, 0.717) is 18.3 Å². The van der Waals surface area contributed by atoms with Crippen molar-refractivity contribution in [2.24, 2.45) is 5.16 Å². The van der Waals surface area contributed by atoms with E-state index < -0.39 is 5.60 Å². The van der Waals surface area contributed by atoms with E-state index in [1.165, 1.54) is 7.11 Å². The number of nitrogens with zero attached hydrogens (tertiary/aromatic N) is 3. The van der Waals surface area contributed by atoms with Crippen LogP contribution in [-0.4, -0.2) is 56.1 Å². The summed E-state index contributed by atoms with van der Waals surface area (Å²) < 4.78 is 10.5. The Bertz CT molecular complexity index is 725. The number of thiocarbonyl (C=S) groups is 1. The molecule has 2 aliphatic heterocycles. The molecule has 1 aromatic carbocycles. The van der Waals surface area contributed by atoms with Crippen molar-refractivity contribution >= 4 is 41.2 Å². The molecule has 1 amide bonds. The van der Waals surface area contributed by atoms with Gasteiger partial charge in [-0.1, -0.05) is 5.16 Å². The Labute approximate surface area is 150 Å². The molecule has 3 aliphatic rings. The molecule has 1 aromatic rings. The summed E-state index contributed by atoms with van der Waals surface area (Å²) in [4.78, 5) is 20.9. The first-order valence-electron chi connectivity index (χ1n) is 7.98. The number of oxime groups is 1. The highest BCUT2D eigenvalue weighted by Crippen LogP contribution is 2.46. The highest BCUT2D eigenvalue weighted by Gasteiger charge is 2.64. The number of nitrogens with one attached hydrogen (secondary N) is 1. The van der Waals surface area contributed by atoms with Crippen molar-refractivity contribution in [3.63, 3.8) is 0 Å². The molecule has 1 spiro atoms. The van der Waals surface area contributed by atoms with E-state index in [9.17, 15) is 4.79 Å². The van der Waals surface area contributed by atoms with Gasteiger partial charge in [0, 0.05) is 17.8 Å². The molecule has 8 nitrogen and oxygen atoms in total. The van der Waals surface area contributed by atoms with Crippen LogP contribution in [0.25, 0.3) is 0 Å². The fourth-order valence-electron chi connectivity index (χ4n) is 3.11. The van der Waals surface area contributed by atoms with Crippen LogP contribution in [0.1, 0.15) is 6.42 Å². The predicted molar refractivity (Wildman–Crippen MR) is 95.9 cm³/mol. The van der Waals surface area contributed by atoms with Gasteiger partial charge in [-0.25, -0.2) is 4.79 Å². The van der Waals surface area contributed by atoms with Gasteiger partial charge in [-0.3, -0.25) is 4.90 Å². The fraction of sp³-hybridized carbons (Fsp3) is 0.438. The van der Waals surface area contributed by atoms with E-state index in [2.05, 4.69) is 10.5 Å². The highest BCUT2D eigenvalue weighted by atomic mass is 32.1. The van der Waals surface area contributed by atoms with Gasteiger partial charge in [0.05, 0.1) is 26.2 Å². The molecule has 9 heteroatoms. The standard InChI is InChI=1S/C16H18N4O4S/c1-22-14(25)18-13-8-16(13)9-20(15(21)24-16)12-4-2-11(3-5-12)19-6-7-23-17-10-19/h2-5,10,13H,6-9H2,1H3,(H,18,25). The Hall–Kier alpha value is -2.55. The summed E-state index contributed by atoms with van der Waals surface area (Å²) in [6.45, 7) is 1.79. The molecule has 2 unspecified atom stereocenters. The van der Waals surface area contributed by atoms with Gasteiger partial charge in [-0.05, 0) is 36.5 Å². The van der Waals surface area contributed by atoms with E-state index in [0.717, 1.165) is 24.3 Å². The molecule has 0 bridgehead atoms. The van der Waals surface area contributed by atoms with Crippen molar-refractivity contribution in [2.45, 2.75) is 18.1 Å². The lowest BCUT2D eigenvalue weighted by molar-refractivity contribution is 0.123. The van der Waals surface area contributed by atoms with Crippen LogP contribution >= 0.6 is 12.2 Å². The first-order valence-corrected chi connectivity index (χ1v) is 8.39. The topological polar surface area (TPSA) is 75.6 Å². The lowest BCUT2D eigenvalue weighted by Gasteiger charge is -2.22. The van der Waals surface area contributed by atoms with Gasteiger partial charge in [0.2, 0.25) is 0 Å². The van der Waals surface area contributed by atoms with E-state index in [-0.39, 0.29) is 12.1 Å². The van der Waals surface area contributed by atoms with E-state index in [4.69, 9.17) is 26.5 Å². The summed E-state index contributed by atoms with van der Waals surface area (Å²) in [6, 6.07) is 7.71. The molecule has 4 rings (SSSR count). The molecule has 0 radical (unpaired) electrons. The molecule has 2 heterocycles. The monoisotopic (exact) mass is 362 g/mol. The van der Waals surface area contributed by atoms with Crippen LogP contribution in [0.3, 0.4) is 0 Å². The van der Waals surface area contributed by atoms with E-state index >= 15 is 0 Å². The average molecular weight is 362 g/mol. The van der Waals surface area contributed by atoms with Crippen LogP contribution in [0.4, 0.5) is 16.2 Å². The molecule has 1 saturated carbocycles. The quantitative estimate of drug-likeness (QED) is 0.816. The number of benzene rings is 1. The lowest BCUT2D eigenvalue weighted by atomic mass is 10.2. The van der Waals surface area contributed by atoms with Gasteiger partial charge in [-0.15, -0.1) is 0 Å². The number of rotatable bonds is 3. The Kier molecular flexibility index (Phi) is 3.87. The number of hydrogen-bond donors (Lipinski definition) is 1. The molecular formula is C16H18N4O4S. The Morgan fingerprint density at radius 1 is 1.40 bits per heavy atom. The summed E-state index contributed by atoms with van der Waals surface area (Å²) in [7, 11) is 1.51. The van der Waals surface area contributed by atoms with E-state index in [1.807, 2.05) is 29.2 Å². The third-order valence-corrected chi connectivity index (χ3v) is 4.90. The molecule has 1 N–H and O–H groups in total. The average Bonchev–Trinajstić information content (AvgIpc) is 3.18. The summed E-state index contributed by atoms with van der Waals surface area (Å²) in [5, 5.41) is 7.17. The minimum atomic E-state index is -0.519. The van der Waals surface area contributed by atoms with Crippen LogP contribution in [0.5, 0.6) is 0 Å². The van der Waals surface area contributed by atoms with Crippen molar-refractivity contribution < 1.29 is 19.1 Å². The smallest absolute Gasteiger partial charge is 0.415 e. The van der Waals surface area contributed by atoms with Crippen molar-refractivity contribution in [1.29, 1.82) is 0 Å². The molecule has 1 aliphatic carbocycles. The molecule has 132 valence electrons. The predicted octanol–water partition coefficient (Wildman–Crippen LogP) is 1.46. The summed E-state index contributed by atoms with van der Waals surface area (Å²) in [6.07, 6.45) is 2.03. The molecule has 2 atom stereocenters. The number of methoxy groups -OCH3 is 1. The van der Waals surface area contributed by atoms with Gasteiger partial charge in [0.1, 0.15) is 12.9 Å². The zero-order valence-corrected chi connectivity index (χ0v) is 14.5. The summed E-state index contributed by atoms with van der Waals surface area (Å²) >= 11 is 5.01. The zero-order valence-electron chi connectivity index (χ0n) is 13.7. The molecular weight excluding hydrogens is 344 g/mol. The van der Waals surface area contributed by atoms with Crippen LogP contribution in [0.15, 0.2) is 29.4 Å². The summed E-state index contributed by atoms with van der Waals surface area (Å²) in [5.41, 5.74) is 1.28. The van der Waals surface area contributed by atoms with E-state index in [1.54, 1.807) is 11.2 Å². The van der Waals surface area contributed by atoms with Gasteiger partial charge < -0.3 is 24.5 Å². The van der Waals surface area contributed by atoms with Gasteiger partial charge in [0.15, 0.2) is 5.60 Å². The number of ether oxygens (including phenoxy) is 2. The largest absolute Gasteiger partial charge is 0.474 e. The molecule has 25 heavy (non-hydrogen) atoms. The highest BCUT2D eigenvalue weighted by molar-refractivity contribution is 7.80. The minimum Gasteiger partial charge on any atom is -0.474 e. The van der Waals surface area contributed by atoms with Crippen molar-refractivity contribution in [1.82, 2.24) is 5.32 Å². The van der Waals surface area contributed by atoms with Crippen molar-refractivity contribution in [3.8, 4) is 0 Å². The second kappa shape index (κ2) is 6.07. The van der Waals surface area contributed by atoms with Crippen LogP contribution in [0, 0.1) is 0 Å². The first-order chi connectivity index (χ1) is 12.1. The first kappa shape index (κ1) is 15.9. The number of amides is 1. The van der Waals surface area contributed by atoms with Crippen molar-refractivity contribution in [2.75, 3.05) is 36.6 Å². The fourth-order valence-corrected chi connectivity index (χ4v) is 3.25. The van der Waals surface area contributed by atoms with Crippen LogP contribution < -0.4 is 15.1 Å². The van der Waals surface area contributed by atoms with Crippen LogP contribution in [-0.2, 0) is 14.3 Å².